The summed E-state index contributed by atoms with van der Waals surface area (Å²) < 4.78 is 5.28. The van der Waals surface area contributed by atoms with Gasteiger partial charge in [0.2, 0.25) is 0 Å². The second-order valence-electron chi connectivity index (χ2n) is 7.26. The second kappa shape index (κ2) is 5.74. The highest BCUT2D eigenvalue weighted by atomic mass is 16.6. The van der Waals surface area contributed by atoms with Crippen LogP contribution >= 0.6 is 0 Å². The van der Waals surface area contributed by atoms with Gasteiger partial charge in [0, 0.05) is 6.04 Å². The Morgan fingerprint density at radius 3 is 1.88 bits per heavy atom. The average Bonchev–Trinajstić information content (AvgIpc) is 1.95. The molecular formula is C14H29NO2. The Labute approximate surface area is 106 Å². The topological polar surface area (TPSA) is 38.3 Å². The molecule has 0 aromatic rings. The van der Waals surface area contributed by atoms with Crippen LogP contribution in [0.2, 0.25) is 0 Å². The summed E-state index contributed by atoms with van der Waals surface area (Å²) in [7, 11) is 0. The lowest BCUT2D eigenvalue weighted by Crippen LogP contribution is -2.43. The Hall–Kier alpha value is -0.730. The molecule has 1 N–H and O–H groups in total. The zero-order valence-corrected chi connectivity index (χ0v) is 12.7. The molecule has 0 aromatic carbocycles. The van der Waals surface area contributed by atoms with Crippen molar-refractivity contribution in [3.8, 4) is 0 Å². The van der Waals surface area contributed by atoms with Crippen LogP contribution in [0.5, 0.6) is 0 Å². The van der Waals surface area contributed by atoms with E-state index in [0.29, 0.717) is 5.92 Å². The van der Waals surface area contributed by atoms with Crippen molar-refractivity contribution >= 4 is 6.09 Å². The number of rotatable bonds is 3. The third-order valence-corrected chi connectivity index (χ3v) is 2.34. The first-order chi connectivity index (χ1) is 7.41. The first-order valence-corrected chi connectivity index (χ1v) is 6.40. The zero-order valence-electron chi connectivity index (χ0n) is 12.7. The van der Waals surface area contributed by atoms with Crippen LogP contribution in [0.4, 0.5) is 4.79 Å². The van der Waals surface area contributed by atoms with E-state index >= 15 is 0 Å². The van der Waals surface area contributed by atoms with Gasteiger partial charge < -0.3 is 10.1 Å². The van der Waals surface area contributed by atoms with E-state index < -0.39 is 5.60 Å². The monoisotopic (exact) mass is 243 g/mol. The van der Waals surface area contributed by atoms with Crippen LogP contribution in [0.1, 0.15) is 61.8 Å². The van der Waals surface area contributed by atoms with Crippen LogP contribution in [-0.2, 0) is 4.74 Å². The summed E-state index contributed by atoms with van der Waals surface area (Å²) in [6.45, 7) is 16.4. The van der Waals surface area contributed by atoms with Crippen molar-refractivity contribution in [2.75, 3.05) is 0 Å². The van der Waals surface area contributed by atoms with Crippen molar-refractivity contribution in [3.63, 3.8) is 0 Å². The maximum atomic E-state index is 11.7. The molecule has 3 heteroatoms. The van der Waals surface area contributed by atoms with Gasteiger partial charge in [0.1, 0.15) is 5.60 Å². The summed E-state index contributed by atoms with van der Waals surface area (Å²) >= 11 is 0. The molecule has 17 heavy (non-hydrogen) atoms. The van der Waals surface area contributed by atoms with Crippen molar-refractivity contribution in [3.05, 3.63) is 0 Å². The van der Waals surface area contributed by atoms with E-state index in [0.717, 1.165) is 6.42 Å². The minimum atomic E-state index is -0.437. The van der Waals surface area contributed by atoms with Gasteiger partial charge in [-0.25, -0.2) is 4.79 Å². The smallest absolute Gasteiger partial charge is 0.407 e. The Morgan fingerprint density at radius 2 is 1.59 bits per heavy atom. The Kier molecular flexibility index (Phi) is 5.50. The molecule has 0 fully saturated rings. The molecule has 3 nitrogen and oxygen atoms in total. The van der Waals surface area contributed by atoms with Crippen LogP contribution in [0, 0.1) is 11.3 Å². The number of carbonyl (C=O) groups is 1. The van der Waals surface area contributed by atoms with Gasteiger partial charge >= 0.3 is 6.09 Å². The van der Waals surface area contributed by atoms with Gasteiger partial charge in [-0.05, 0) is 38.5 Å². The van der Waals surface area contributed by atoms with E-state index in [1.807, 2.05) is 20.8 Å². The largest absolute Gasteiger partial charge is 0.444 e. The quantitative estimate of drug-likeness (QED) is 0.814. The molecular weight excluding hydrogens is 214 g/mol. The number of amides is 1. The van der Waals surface area contributed by atoms with Crippen LogP contribution < -0.4 is 5.32 Å². The molecule has 102 valence electrons. The maximum absolute atomic E-state index is 11.7. The summed E-state index contributed by atoms with van der Waals surface area (Å²) in [5, 5.41) is 2.97. The molecule has 0 heterocycles. The van der Waals surface area contributed by atoms with Gasteiger partial charge in [0.05, 0.1) is 0 Å². The van der Waals surface area contributed by atoms with Crippen LogP contribution in [0.15, 0.2) is 0 Å². The Morgan fingerprint density at radius 1 is 1.12 bits per heavy atom. The van der Waals surface area contributed by atoms with Gasteiger partial charge in [0.25, 0.3) is 0 Å². The first-order valence-electron chi connectivity index (χ1n) is 6.40. The number of nitrogens with one attached hydrogen (secondary N) is 1. The van der Waals surface area contributed by atoms with E-state index in [9.17, 15) is 4.79 Å². The van der Waals surface area contributed by atoms with Gasteiger partial charge in [-0.3, -0.25) is 0 Å². The molecule has 0 aliphatic carbocycles. The molecule has 0 aliphatic heterocycles. The fourth-order valence-corrected chi connectivity index (χ4v) is 1.57. The molecule has 0 spiro atoms. The zero-order chi connectivity index (χ0) is 13.9. The first kappa shape index (κ1) is 16.3. The lowest BCUT2D eigenvalue weighted by Gasteiger charge is -2.30. The fourth-order valence-electron chi connectivity index (χ4n) is 1.57. The van der Waals surface area contributed by atoms with Crippen molar-refractivity contribution in [1.82, 2.24) is 5.32 Å². The highest BCUT2D eigenvalue weighted by Crippen LogP contribution is 2.24. The predicted octanol–water partition coefficient (Wildman–Crippen LogP) is 3.97. The lowest BCUT2D eigenvalue weighted by molar-refractivity contribution is 0.0475. The van der Waals surface area contributed by atoms with Gasteiger partial charge in [-0.2, -0.15) is 0 Å². The van der Waals surface area contributed by atoms with Crippen molar-refractivity contribution in [2.24, 2.45) is 11.3 Å². The predicted molar refractivity (Wildman–Crippen MR) is 72.1 cm³/mol. The fraction of sp³-hybridized carbons (Fsp3) is 0.929. The third-order valence-electron chi connectivity index (χ3n) is 2.34. The van der Waals surface area contributed by atoms with E-state index in [1.165, 1.54) is 0 Å². The summed E-state index contributed by atoms with van der Waals surface area (Å²) in [4.78, 5) is 11.7. The third kappa shape index (κ3) is 9.02. The molecule has 0 aromatic heterocycles. The van der Waals surface area contributed by atoms with E-state index in [1.54, 1.807) is 0 Å². The molecule has 1 amide bonds. The van der Waals surface area contributed by atoms with Gasteiger partial charge in [0.15, 0.2) is 0 Å². The number of carbonyl (C=O) groups excluding carboxylic acids is 1. The van der Waals surface area contributed by atoms with Crippen molar-refractivity contribution in [2.45, 2.75) is 73.5 Å². The molecule has 0 radical (unpaired) electrons. The Balaban J connectivity index is 4.41. The average molecular weight is 243 g/mol. The lowest BCUT2D eigenvalue weighted by atomic mass is 9.84. The van der Waals surface area contributed by atoms with Gasteiger partial charge in [-0.15, -0.1) is 0 Å². The molecule has 1 atom stereocenters. The molecule has 0 unspecified atom stereocenters. The Bertz CT molecular complexity index is 246. The molecule has 0 bridgehead atoms. The minimum Gasteiger partial charge on any atom is -0.444 e. The number of hydrogen-bond acceptors (Lipinski definition) is 2. The second-order valence-corrected chi connectivity index (χ2v) is 7.26. The number of alkyl carbamates (subject to hydrolysis) is 1. The van der Waals surface area contributed by atoms with E-state index in [-0.39, 0.29) is 17.6 Å². The summed E-state index contributed by atoms with van der Waals surface area (Å²) in [6, 6.07) is 0.157. The molecule has 0 saturated carbocycles. The molecule has 0 aliphatic rings. The maximum Gasteiger partial charge on any atom is 0.407 e. The highest BCUT2D eigenvalue weighted by Gasteiger charge is 2.25. The van der Waals surface area contributed by atoms with E-state index in [4.69, 9.17) is 4.74 Å². The van der Waals surface area contributed by atoms with Crippen LogP contribution in [0.25, 0.3) is 0 Å². The van der Waals surface area contributed by atoms with Crippen molar-refractivity contribution < 1.29 is 9.53 Å². The highest BCUT2D eigenvalue weighted by molar-refractivity contribution is 5.68. The summed E-state index contributed by atoms with van der Waals surface area (Å²) in [5.41, 5.74) is -0.239. The minimum absolute atomic E-state index is 0.157. The normalized spacial score (nSPS) is 14.6. The van der Waals surface area contributed by atoms with Crippen LogP contribution in [-0.4, -0.2) is 17.7 Å². The SMILES string of the molecule is CC(C)[C@H](CC(C)(C)C)NC(=O)OC(C)(C)C. The van der Waals surface area contributed by atoms with Gasteiger partial charge in [-0.1, -0.05) is 34.6 Å². The molecule has 0 rings (SSSR count). The molecule has 0 saturated heterocycles. The summed E-state index contributed by atoms with van der Waals surface area (Å²) in [5.74, 6) is 0.404. The van der Waals surface area contributed by atoms with Crippen molar-refractivity contribution in [1.29, 1.82) is 0 Å². The van der Waals surface area contributed by atoms with Crippen LogP contribution in [0.3, 0.4) is 0 Å². The number of ether oxygens (including phenoxy) is 1. The standard InChI is InChI=1S/C14H29NO2/c1-10(2)11(9-13(3,4)5)15-12(16)17-14(6,7)8/h10-11H,9H2,1-8H3,(H,15,16)/t11-/m0/s1. The summed E-state index contributed by atoms with van der Waals surface area (Å²) in [6.07, 6.45) is 0.629. The van der Waals surface area contributed by atoms with E-state index in [2.05, 4.69) is 39.9 Å². The number of hydrogen-bond donors (Lipinski definition) is 1.